The lowest BCUT2D eigenvalue weighted by molar-refractivity contribution is -0.119. The maximum atomic E-state index is 13.6. The number of hydrogen-bond acceptors (Lipinski definition) is 6. The molecule has 1 aliphatic rings. The highest BCUT2D eigenvalue weighted by Gasteiger charge is 2.29. The summed E-state index contributed by atoms with van der Waals surface area (Å²) in [7, 11) is -2.55. The molecule has 1 saturated heterocycles. The molecule has 1 fully saturated rings. The summed E-state index contributed by atoms with van der Waals surface area (Å²) in [6.07, 6.45) is 0. The Hall–Kier alpha value is -3.40. The summed E-state index contributed by atoms with van der Waals surface area (Å²) in [6.45, 7) is 6.02. The molecule has 0 radical (unpaired) electrons. The summed E-state index contributed by atoms with van der Waals surface area (Å²) < 4.78 is 39.1. The van der Waals surface area contributed by atoms with E-state index in [4.69, 9.17) is 9.47 Å². The summed E-state index contributed by atoms with van der Waals surface area (Å²) >= 11 is 0. The van der Waals surface area contributed by atoms with Crippen molar-refractivity contribution < 1.29 is 22.7 Å². The van der Waals surface area contributed by atoms with Crippen LogP contribution in [0.2, 0.25) is 0 Å². The zero-order chi connectivity index (χ0) is 26.3. The number of nitrogens with zero attached hydrogens (tertiary/aromatic N) is 2. The van der Waals surface area contributed by atoms with Crippen LogP contribution in [0.4, 0.5) is 5.69 Å². The maximum Gasteiger partial charge on any atom is 0.264 e. The van der Waals surface area contributed by atoms with Crippen LogP contribution in [0.3, 0.4) is 0 Å². The zero-order valence-corrected chi connectivity index (χ0v) is 22.0. The highest BCUT2D eigenvalue weighted by atomic mass is 32.2. The van der Waals surface area contributed by atoms with Crippen LogP contribution < -0.4 is 14.4 Å². The van der Waals surface area contributed by atoms with Gasteiger partial charge in [-0.1, -0.05) is 54.1 Å². The summed E-state index contributed by atoms with van der Waals surface area (Å²) in [6, 6.07) is 21.4. The molecule has 0 aromatic heterocycles. The van der Waals surface area contributed by atoms with Gasteiger partial charge in [0.1, 0.15) is 12.3 Å². The second-order valence-corrected chi connectivity index (χ2v) is 10.8. The first-order valence-electron chi connectivity index (χ1n) is 12.2. The quantitative estimate of drug-likeness (QED) is 0.439. The van der Waals surface area contributed by atoms with Crippen LogP contribution in [0.5, 0.6) is 5.75 Å². The van der Waals surface area contributed by atoms with Crippen molar-refractivity contribution in [3.63, 3.8) is 0 Å². The van der Waals surface area contributed by atoms with Gasteiger partial charge in [-0.15, -0.1) is 0 Å². The van der Waals surface area contributed by atoms with Gasteiger partial charge in [-0.3, -0.25) is 14.0 Å². The van der Waals surface area contributed by atoms with E-state index in [1.54, 1.807) is 48.5 Å². The number of carbonyl (C=O) groups is 1. The number of para-hydroxylation sites is 2. The number of ether oxygens (including phenoxy) is 2. The first-order valence-corrected chi connectivity index (χ1v) is 13.7. The lowest BCUT2D eigenvalue weighted by atomic mass is 10.1. The number of anilines is 1. The SMILES string of the molecule is COc1ccccc1N(CC(=O)NCc1ccc(CN2CCOCC2)cc1)S(=O)(=O)c1ccc(C)cc1. The number of rotatable bonds is 10. The van der Waals surface area contributed by atoms with E-state index in [1.165, 1.54) is 12.7 Å². The van der Waals surface area contributed by atoms with Crippen molar-refractivity contribution in [1.82, 2.24) is 10.2 Å². The van der Waals surface area contributed by atoms with Gasteiger partial charge in [-0.2, -0.15) is 0 Å². The number of carbonyl (C=O) groups excluding carboxylic acids is 1. The van der Waals surface area contributed by atoms with Gasteiger partial charge in [-0.05, 0) is 42.3 Å². The van der Waals surface area contributed by atoms with Crippen molar-refractivity contribution in [2.24, 2.45) is 0 Å². The first-order chi connectivity index (χ1) is 17.9. The Bertz CT molecular complexity index is 1290. The van der Waals surface area contributed by atoms with Crippen LogP contribution in [0.25, 0.3) is 0 Å². The predicted octanol–water partition coefficient (Wildman–Crippen LogP) is 3.35. The fourth-order valence-electron chi connectivity index (χ4n) is 4.14. The molecule has 1 N–H and O–H groups in total. The summed E-state index contributed by atoms with van der Waals surface area (Å²) in [5, 5.41) is 2.86. The molecule has 4 rings (SSSR count). The first kappa shape index (κ1) is 26.7. The Balaban J connectivity index is 1.46. The molecule has 1 aliphatic heterocycles. The smallest absolute Gasteiger partial charge is 0.264 e. The van der Waals surface area contributed by atoms with Gasteiger partial charge in [0.2, 0.25) is 5.91 Å². The largest absolute Gasteiger partial charge is 0.495 e. The highest BCUT2D eigenvalue weighted by Crippen LogP contribution is 2.32. The Morgan fingerprint density at radius 3 is 2.30 bits per heavy atom. The minimum atomic E-state index is -4.02. The lowest BCUT2D eigenvalue weighted by Crippen LogP contribution is -2.40. The number of methoxy groups -OCH3 is 1. The third kappa shape index (κ3) is 6.88. The molecule has 0 aliphatic carbocycles. The molecule has 1 amide bonds. The highest BCUT2D eigenvalue weighted by molar-refractivity contribution is 7.92. The average molecular weight is 524 g/mol. The molecular weight excluding hydrogens is 490 g/mol. The number of sulfonamides is 1. The van der Waals surface area contributed by atoms with Gasteiger partial charge in [0.15, 0.2) is 0 Å². The number of aryl methyl sites for hydroxylation is 1. The van der Waals surface area contributed by atoms with E-state index >= 15 is 0 Å². The molecule has 196 valence electrons. The normalized spacial score (nSPS) is 14.2. The second-order valence-electron chi connectivity index (χ2n) is 8.98. The predicted molar refractivity (Wildman–Crippen MR) is 143 cm³/mol. The monoisotopic (exact) mass is 523 g/mol. The van der Waals surface area contributed by atoms with Crippen molar-refractivity contribution >= 4 is 21.6 Å². The summed E-state index contributed by atoms with van der Waals surface area (Å²) in [5.41, 5.74) is 3.37. The fourth-order valence-corrected chi connectivity index (χ4v) is 5.57. The van der Waals surface area contributed by atoms with Crippen molar-refractivity contribution in [2.75, 3.05) is 44.3 Å². The lowest BCUT2D eigenvalue weighted by Gasteiger charge is -2.26. The number of amides is 1. The third-order valence-electron chi connectivity index (χ3n) is 6.27. The van der Waals surface area contributed by atoms with E-state index in [0.29, 0.717) is 18.0 Å². The molecule has 0 bridgehead atoms. The fraction of sp³-hybridized carbons (Fsp3) is 0.321. The molecule has 0 atom stereocenters. The molecule has 0 spiro atoms. The van der Waals surface area contributed by atoms with Gasteiger partial charge in [-0.25, -0.2) is 8.42 Å². The Morgan fingerprint density at radius 1 is 0.973 bits per heavy atom. The van der Waals surface area contributed by atoms with Crippen molar-refractivity contribution in [3.8, 4) is 5.75 Å². The zero-order valence-electron chi connectivity index (χ0n) is 21.2. The average Bonchev–Trinajstić information content (AvgIpc) is 2.92. The Kier molecular flexibility index (Phi) is 8.81. The second kappa shape index (κ2) is 12.2. The van der Waals surface area contributed by atoms with E-state index < -0.39 is 15.9 Å². The summed E-state index contributed by atoms with van der Waals surface area (Å²) in [5.74, 6) is -0.0548. The van der Waals surface area contributed by atoms with E-state index in [1.807, 2.05) is 19.1 Å². The number of nitrogens with one attached hydrogen (secondary N) is 1. The topological polar surface area (TPSA) is 88.2 Å². The van der Waals surface area contributed by atoms with Crippen LogP contribution >= 0.6 is 0 Å². The van der Waals surface area contributed by atoms with Gasteiger partial charge in [0.05, 0.1) is 30.9 Å². The molecule has 0 saturated carbocycles. The minimum Gasteiger partial charge on any atom is -0.495 e. The van der Waals surface area contributed by atoms with Crippen LogP contribution in [0, 0.1) is 6.92 Å². The van der Waals surface area contributed by atoms with E-state index in [-0.39, 0.29) is 11.4 Å². The molecule has 3 aromatic rings. The molecule has 0 unspecified atom stereocenters. The number of hydrogen-bond donors (Lipinski definition) is 1. The maximum absolute atomic E-state index is 13.6. The van der Waals surface area contributed by atoms with E-state index in [0.717, 1.165) is 48.3 Å². The number of morpholine rings is 1. The molecule has 1 heterocycles. The molecule has 37 heavy (non-hydrogen) atoms. The standard InChI is InChI=1S/C28H33N3O5S/c1-22-7-13-25(14-8-22)37(33,34)31(26-5-3-4-6-27(26)35-2)21-28(32)29-19-23-9-11-24(12-10-23)20-30-15-17-36-18-16-30/h3-14H,15-21H2,1-2H3,(H,29,32). The van der Waals surface area contributed by atoms with Gasteiger partial charge in [0.25, 0.3) is 10.0 Å². The van der Waals surface area contributed by atoms with Gasteiger partial charge < -0.3 is 14.8 Å². The Labute approximate surface area is 218 Å². The van der Waals surface area contributed by atoms with Crippen molar-refractivity contribution in [3.05, 3.63) is 89.5 Å². The molecule has 3 aromatic carbocycles. The van der Waals surface area contributed by atoms with Crippen LogP contribution in [-0.2, 0) is 32.6 Å². The van der Waals surface area contributed by atoms with Crippen LogP contribution in [-0.4, -0.2) is 59.2 Å². The molecule has 9 heteroatoms. The van der Waals surface area contributed by atoms with Crippen LogP contribution in [0.15, 0.2) is 77.7 Å². The third-order valence-corrected chi connectivity index (χ3v) is 8.05. The number of benzene rings is 3. The molecule has 8 nitrogen and oxygen atoms in total. The van der Waals surface area contributed by atoms with Gasteiger partial charge in [0, 0.05) is 26.2 Å². The van der Waals surface area contributed by atoms with E-state index in [2.05, 4.69) is 22.3 Å². The van der Waals surface area contributed by atoms with Crippen molar-refractivity contribution in [1.29, 1.82) is 0 Å². The Morgan fingerprint density at radius 2 is 1.62 bits per heavy atom. The van der Waals surface area contributed by atoms with Crippen LogP contribution in [0.1, 0.15) is 16.7 Å². The van der Waals surface area contributed by atoms with Gasteiger partial charge >= 0.3 is 0 Å². The molecular formula is C28H33N3O5S. The van der Waals surface area contributed by atoms with E-state index in [9.17, 15) is 13.2 Å². The minimum absolute atomic E-state index is 0.104. The van der Waals surface area contributed by atoms with Crippen molar-refractivity contribution in [2.45, 2.75) is 24.9 Å². The summed E-state index contributed by atoms with van der Waals surface area (Å²) in [4.78, 5) is 15.4.